The van der Waals surface area contributed by atoms with Crippen LogP contribution in [0, 0.1) is 0 Å². The molecular weight excluding hydrogens is 196 g/mol. The number of hydrogen-bond donors (Lipinski definition) is 1. The highest BCUT2D eigenvalue weighted by molar-refractivity contribution is 5.56. The van der Waals surface area contributed by atoms with Gasteiger partial charge in [0.05, 0.1) is 0 Å². The molecule has 2 nitrogen and oxygen atoms in total. The Bertz CT molecular complexity index is 329. The first-order chi connectivity index (χ1) is 7.81. The van der Waals surface area contributed by atoms with E-state index in [4.69, 9.17) is 5.73 Å². The molecule has 0 unspecified atom stereocenters. The summed E-state index contributed by atoms with van der Waals surface area (Å²) in [4.78, 5) is 2.51. The number of benzene rings is 1. The number of nitrogens with zero attached hydrogens (tertiary/aromatic N) is 1. The van der Waals surface area contributed by atoms with Gasteiger partial charge in [0.1, 0.15) is 0 Å². The van der Waals surface area contributed by atoms with E-state index in [2.05, 4.69) is 30.0 Å². The Morgan fingerprint density at radius 1 is 1.25 bits per heavy atom. The van der Waals surface area contributed by atoms with E-state index < -0.39 is 0 Å². The summed E-state index contributed by atoms with van der Waals surface area (Å²) in [5, 5.41) is 0. The molecule has 1 aromatic carbocycles. The van der Waals surface area contributed by atoms with Crippen LogP contribution in [0.25, 0.3) is 0 Å². The van der Waals surface area contributed by atoms with Crippen LogP contribution in [0.2, 0.25) is 0 Å². The monoisotopic (exact) mass is 218 g/mol. The van der Waals surface area contributed by atoms with Crippen molar-refractivity contribution in [2.24, 2.45) is 0 Å². The van der Waals surface area contributed by atoms with Crippen LogP contribution in [0.5, 0.6) is 0 Å². The SMILES string of the molecule is CCN(c1cccc(N)c1)C1CCCCC1. The van der Waals surface area contributed by atoms with Crippen LogP contribution in [-0.4, -0.2) is 12.6 Å². The summed E-state index contributed by atoms with van der Waals surface area (Å²) in [5.74, 6) is 0. The normalized spacial score (nSPS) is 17.3. The molecule has 0 aliphatic heterocycles. The predicted molar refractivity (Wildman–Crippen MR) is 70.7 cm³/mol. The largest absolute Gasteiger partial charge is 0.399 e. The van der Waals surface area contributed by atoms with Crippen molar-refractivity contribution in [3.05, 3.63) is 24.3 Å². The Kier molecular flexibility index (Phi) is 3.70. The van der Waals surface area contributed by atoms with E-state index in [-0.39, 0.29) is 0 Å². The number of nitrogen functional groups attached to an aromatic ring is 1. The maximum Gasteiger partial charge on any atom is 0.0389 e. The van der Waals surface area contributed by atoms with Crippen molar-refractivity contribution < 1.29 is 0 Å². The molecule has 0 spiro atoms. The number of nitrogens with two attached hydrogens (primary N) is 1. The van der Waals surface area contributed by atoms with Gasteiger partial charge in [-0.05, 0) is 38.0 Å². The van der Waals surface area contributed by atoms with Crippen LogP contribution in [-0.2, 0) is 0 Å². The van der Waals surface area contributed by atoms with E-state index in [0.29, 0.717) is 0 Å². The van der Waals surface area contributed by atoms with Crippen LogP contribution in [0.1, 0.15) is 39.0 Å². The smallest absolute Gasteiger partial charge is 0.0389 e. The summed E-state index contributed by atoms with van der Waals surface area (Å²) in [6.07, 6.45) is 6.84. The minimum atomic E-state index is 0.723. The molecule has 1 saturated carbocycles. The number of hydrogen-bond acceptors (Lipinski definition) is 2. The third-order valence-electron chi connectivity index (χ3n) is 3.56. The van der Waals surface area contributed by atoms with Gasteiger partial charge in [0.15, 0.2) is 0 Å². The Morgan fingerprint density at radius 2 is 2.00 bits per heavy atom. The van der Waals surface area contributed by atoms with E-state index in [9.17, 15) is 0 Å². The molecule has 0 bridgehead atoms. The number of anilines is 2. The summed E-state index contributed by atoms with van der Waals surface area (Å²) in [6.45, 7) is 3.31. The fourth-order valence-corrected chi connectivity index (χ4v) is 2.75. The lowest BCUT2D eigenvalue weighted by Gasteiger charge is -2.35. The molecule has 1 aromatic rings. The van der Waals surface area contributed by atoms with Gasteiger partial charge < -0.3 is 10.6 Å². The minimum absolute atomic E-state index is 0.723. The first-order valence-electron chi connectivity index (χ1n) is 6.43. The van der Waals surface area contributed by atoms with Crippen molar-refractivity contribution in [3.63, 3.8) is 0 Å². The molecule has 0 saturated heterocycles. The van der Waals surface area contributed by atoms with E-state index in [1.807, 2.05) is 6.07 Å². The summed E-state index contributed by atoms with van der Waals surface area (Å²) in [7, 11) is 0. The quantitative estimate of drug-likeness (QED) is 0.788. The van der Waals surface area contributed by atoms with Gasteiger partial charge in [-0.25, -0.2) is 0 Å². The third kappa shape index (κ3) is 2.49. The zero-order chi connectivity index (χ0) is 11.4. The van der Waals surface area contributed by atoms with E-state index in [1.165, 1.54) is 37.8 Å². The zero-order valence-corrected chi connectivity index (χ0v) is 10.2. The molecular formula is C14H22N2. The van der Waals surface area contributed by atoms with E-state index >= 15 is 0 Å². The minimum Gasteiger partial charge on any atom is -0.399 e. The second-order valence-corrected chi connectivity index (χ2v) is 4.67. The van der Waals surface area contributed by atoms with Crippen molar-refractivity contribution in [1.82, 2.24) is 0 Å². The Balaban J connectivity index is 2.14. The van der Waals surface area contributed by atoms with Gasteiger partial charge in [-0.15, -0.1) is 0 Å². The lowest BCUT2D eigenvalue weighted by molar-refractivity contribution is 0.418. The van der Waals surface area contributed by atoms with Crippen LogP contribution in [0.15, 0.2) is 24.3 Å². The summed E-state index contributed by atoms with van der Waals surface area (Å²) >= 11 is 0. The highest BCUT2D eigenvalue weighted by Gasteiger charge is 2.19. The first kappa shape index (κ1) is 11.3. The Labute approximate surface area is 98.4 Å². The lowest BCUT2D eigenvalue weighted by atomic mass is 9.94. The first-order valence-corrected chi connectivity index (χ1v) is 6.43. The van der Waals surface area contributed by atoms with Crippen molar-refractivity contribution in [3.8, 4) is 0 Å². The molecule has 2 rings (SSSR count). The summed E-state index contributed by atoms with van der Waals surface area (Å²) in [6, 6.07) is 9.00. The Morgan fingerprint density at radius 3 is 2.62 bits per heavy atom. The van der Waals surface area contributed by atoms with Crippen molar-refractivity contribution in [2.75, 3.05) is 17.2 Å². The molecule has 1 aliphatic carbocycles. The van der Waals surface area contributed by atoms with Gasteiger partial charge in [0.2, 0.25) is 0 Å². The highest BCUT2D eigenvalue weighted by atomic mass is 15.2. The molecule has 16 heavy (non-hydrogen) atoms. The predicted octanol–water partition coefficient (Wildman–Crippen LogP) is 3.43. The molecule has 2 N–H and O–H groups in total. The second kappa shape index (κ2) is 5.24. The molecule has 0 atom stereocenters. The zero-order valence-electron chi connectivity index (χ0n) is 10.2. The van der Waals surface area contributed by atoms with Crippen LogP contribution < -0.4 is 10.6 Å². The standard InChI is InChI=1S/C14H22N2/c1-2-16(13-8-4-3-5-9-13)14-10-6-7-12(15)11-14/h6-7,10-11,13H,2-5,8-9,15H2,1H3. The lowest BCUT2D eigenvalue weighted by Crippen LogP contribution is -2.36. The van der Waals surface area contributed by atoms with Gasteiger partial charge in [0.25, 0.3) is 0 Å². The molecule has 2 heteroatoms. The highest BCUT2D eigenvalue weighted by Crippen LogP contribution is 2.27. The van der Waals surface area contributed by atoms with Gasteiger partial charge in [-0.2, -0.15) is 0 Å². The molecule has 0 radical (unpaired) electrons. The van der Waals surface area contributed by atoms with Gasteiger partial charge in [-0.1, -0.05) is 25.3 Å². The maximum absolute atomic E-state index is 5.85. The number of rotatable bonds is 3. The average Bonchev–Trinajstić information content (AvgIpc) is 2.31. The van der Waals surface area contributed by atoms with Gasteiger partial charge >= 0.3 is 0 Å². The fourth-order valence-electron chi connectivity index (χ4n) is 2.75. The third-order valence-corrected chi connectivity index (χ3v) is 3.56. The van der Waals surface area contributed by atoms with Crippen LogP contribution in [0.3, 0.4) is 0 Å². The second-order valence-electron chi connectivity index (χ2n) is 4.67. The topological polar surface area (TPSA) is 29.3 Å². The van der Waals surface area contributed by atoms with Gasteiger partial charge in [0, 0.05) is 24.0 Å². The summed E-state index contributed by atoms with van der Waals surface area (Å²) < 4.78 is 0. The fraction of sp³-hybridized carbons (Fsp3) is 0.571. The molecule has 1 aliphatic rings. The van der Waals surface area contributed by atoms with Crippen molar-refractivity contribution in [2.45, 2.75) is 45.1 Å². The molecule has 1 fully saturated rings. The van der Waals surface area contributed by atoms with E-state index in [1.54, 1.807) is 0 Å². The van der Waals surface area contributed by atoms with Crippen LogP contribution in [0.4, 0.5) is 11.4 Å². The average molecular weight is 218 g/mol. The Hall–Kier alpha value is -1.18. The molecule has 0 heterocycles. The maximum atomic E-state index is 5.85. The molecule has 0 amide bonds. The molecule has 0 aromatic heterocycles. The van der Waals surface area contributed by atoms with Crippen LogP contribution >= 0.6 is 0 Å². The summed E-state index contributed by atoms with van der Waals surface area (Å²) in [5.41, 5.74) is 8.01. The van der Waals surface area contributed by atoms with Crippen molar-refractivity contribution >= 4 is 11.4 Å². The van der Waals surface area contributed by atoms with Gasteiger partial charge in [-0.3, -0.25) is 0 Å². The molecule has 88 valence electrons. The van der Waals surface area contributed by atoms with E-state index in [0.717, 1.165) is 18.3 Å². The van der Waals surface area contributed by atoms with Crippen molar-refractivity contribution in [1.29, 1.82) is 0 Å².